The molecule has 0 radical (unpaired) electrons. The van der Waals surface area contributed by atoms with Crippen LogP contribution >= 0.6 is 0 Å². The van der Waals surface area contributed by atoms with Gasteiger partial charge in [0.15, 0.2) is 0 Å². The minimum Gasteiger partial charge on any atom is -0.373 e. The summed E-state index contributed by atoms with van der Waals surface area (Å²) in [6, 6.07) is 13.6. The molecule has 0 saturated carbocycles. The number of pyridine rings is 1. The lowest BCUT2D eigenvalue weighted by molar-refractivity contribution is -0.121. The van der Waals surface area contributed by atoms with E-state index in [1.54, 1.807) is 24.8 Å². The molecule has 26 heavy (non-hydrogen) atoms. The highest BCUT2D eigenvalue weighted by Crippen LogP contribution is 2.34. The Morgan fingerprint density at radius 2 is 1.81 bits per heavy atom. The first kappa shape index (κ1) is 16.4. The molecule has 6 nitrogen and oxygen atoms in total. The largest absolute Gasteiger partial charge is 0.373 e. The molecule has 0 aliphatic carbocycles. The normalized spacial score (nSPS) is 19.2. The highest BCUT2D eigenvalue weighted by molar-refractivity contribution is 5.91. The Kier molecular flexibility index (Phi) is 4.66. The van der Waals surface area contributed by atoms with Gasteiger partial charge in [0.1, 0.15) is 0 Å². The average Bonchev–Trinajstić information content (AvgIpc) is 3.20. The molecule has 0 spiro atoms. The minimum absolute atomic E-state index is 0.135. The number of nitrogens with one attached hydrogen (secondary N) is 1. The molecule has 6 heteroatoms. The Balaban J connectivity index is 1.46. The molecule has 1 fully saturated rings. The Labute approximate surface area is 151 Å². The van der Waals surface area contributed by atoms with Gasteiger partial charge in [0.25, 0.3) is 0 Å². The number of aromatic nitrogens is 3. The zero-order chi connectivity index (χ0) is 17.8. The van der Waals surface area contributed by atoms with E-state index in [9.17, 15) is 4.79 Å². The van der Waals surface area contributed by atoms with Gasteiger partial charge >= 0.3 is 0 Å². The van der Waals surface area contributed by atoms with Crippen molar-refractivity contribution in [3.8, 4) is 11.1 Å². The number of hydrogen-bond donors (Lipinski definition) is 1. The second-order valence-corrected chi connectivity index (χ2v) is 6.12. The van der Waals surface area contributed by atoms with E-state index >= 15 is 0 Å². The third-order valence-electron chi connectivity index (χ3n) is 4.44. The van der Waals surface area contributed by atoms with Gasteiger partial charge in [-0.15, -0.1) is 0 Å². The number of rotatable bonds is 4. The summed E-state index contributed by atoms with van der Waals surface area (Å²) in [5.41, 5.74) is 2.85. The summed E-state index contributed by atoms with van der Waals surface area (Å²) < 4.78 is 5.75. The first-order valence-corrected chi connectivity index (χ1v) is 8.51. The SMILES string of the molecule is O=C(Nc1ncc(-c2ccccc2)cn1)[C@H]1CCO[C@@H]1c1cccnc1. The zero-order valence-corrected chi connectivity index (χ0v) is 14.1. The van der Waals surface area contributed by atoms with Gasteiger partial charge in [-0.05, 0) is 23.6 Å². The summed E-state index contributed by atoms with van der Waals surface area (Å²) in [5, 5.41) is 2.80. The van der Waals surface area contributed by atoms with Crippen LogP contribution in [0.5, 0.6) is 0 Å². The van der Waals surface area contributed by atoms with Crippen molar-refractivity contribution in [2.75, 3.05) is 11.9 Å². The summed E-state index contributed by atoms with van der Waals surface area (Å²) in [6.45, 7) is 0.547. The highest BCUT2D eigenvalue weighted by atomic mass is 16.5. The minimum atomic E-state index is -0.285. The summed E-state index contributed by atoms with van der Waals surface area (Å²) in [5.74, 6) is -0.119. The molecular formula is C20H18N4O2. The summed E-state index contributed by atoms with van der Waals surface area (Å²) in [4.78, 5) is 25.3. The van der Waals surface area contributed by atoms with E-state index in [0.29, 0.717) is 19.0 Å². The number of ether oxygens (including phenoxy) is 1. The molecule has 1 N–H and O–H groups in total. The predicted octanol–water partition coefficient (Wildman–Crippen LogP) is 3.25. The van der Waals surface area contributed by atoms with Gasteiger partial charge < -0.3 is 4.74 Å². The van der Waals surface area contributed by atoms with Crippen LogP contribution in [0.1, 0.15) is 18.1 Å². The van der Waals surface area contributed by atoms with Crippen molar-refractivity contribution < 1.29 is 9.53 Å². The van der Waals surface area contributed by atoms with Gasteiger partial charge in [-0.1, -0.05) is 36.4 Å². The van der Waals surface area contributed by atoms with Crippen LogP contribution in [0.4, 0.5) is 5.95 Å². The molecule has 2 atom stereocenters. The molecule has 1 aliphatic heterocycles. The standard InChI is InChI=1S/C20H18N4O2/c25-19(17-8-10-26-18(17)15-7-4-9-21-11-15)24-20-22-12-16(13-23-20)14-5-2-1-3-6-14/h1-7,9,11-13,17-18H,8,10H2,(H,22,23,24,25)/t17-,18+/m0/s1. The van der Waals surface area contributed by atoms with Gasteiger partial charge in [0.05, 0.1) is 12.0 Å². The molecule has 3 heterocycles. The molecule has 1 aromatic carbocycles. The van der Waals surface area contributed by atoms with Crippen molar-refractivity contribution in [1.82, 2.24) is 15.0 Å². The van der Waals surface area contributed by atoms with Crippen molar-refractivity contribution in [2.24, 2.45) is 5.92 Å². The Hall–Kier alpha value is -3.12. The molecule has 4 rings (SSSR count). The number of carbonyl (C=O) groups excluding carboxylic acids is 1. The lowest BCUT2D eigenvalue weighted by Gasteiger charge is -2.17. The number of anilines is 1. The Bertz CT molecular complexity index is 869. The maximum Gasteiger partial charge on any atom is 0.232 e. The van der Waals surface area contributed by atoms with Gasteiger partial charge in [-0.25, -0.2) is 9.97 Å². The maximum atomic E-state index is 12.7. The van der Waals surface area contributed by atoms with Crippen LogP contribution in [0.2, 0.25) is 0 Å². The number of carbonyl (C=O) groups is 1. The van der Waals surface area contributed by atoms with Crippen LogP contribution in [-0.2, 0) is 9.53 Å². The molecule has 130 valence electrons. The topological polar surface area (TPSA) is 77.0 Å². The smallest absolute Gasteiger partial charge is 0.232 e. The molecule has 1 aliphatic rings. The quantitative estimate of drug-likeness (QED) is 0.785. The fourth-order valence-corrected chi connectivity index (χ4v) is 3.11. The molecule has 2 aromatic heterocycles. The maximum absolute atomic E-state index is 12.7. The fourth-order valence-electron chi connectivity index (χ4n) is 3.11. The van der Waals surface area contributed by atoms with E-state index in [-0.39, 0.29) is 17.9 Å². The molecule has 1 saturated heterocycles. The number of hydrogen-bond acceptors (Lipinski definition) is 5. The first-order valence-electron chi connectivity index (χ1n) is 8.51. The van der Waals surface area contributed by atoms with Crippen molar-refractivity contribution in [3.05, 3.63) is 72.8 Å². The van der Waals surface area contributed by atoms with E-state index in [0.717, 1.165) is 16.7 Å². The van der Waals surface area contributed by atoms with Crippen molar-refractivity contribution in [1.29, 1.82) is 0 Å². The van der Waals surface area contributed by atoms with Crippen LogP contribution in [0.25, 0.3) is 11.1 Å². The van der Waals surface area contributed by atoms with Crippen LogP contribution in [0.15, 0.2) is 67.3 Å². The number of nitrogens with zero attached hydrogens (tertiary/aromatic N) is 3. The van der Waals surface area contributed by atoms with Gasteiger partial charge in [0, 0.05) is 37.0 Å². The molecule has 0 bridgehead atoms. The predicted molar refractivity (Wildman–Crippen MR) is 97.1 cm³/mol. The zero-order valence-electron chi connectivity index (χ0n) is 14.1. The van der Waals surface area contributed by atoms with E-state index in [1.165, 1.54) is 0 Å². The first-order chi connectivity index (χ1) is 12.8. The van der Waals surface area contributed by atoms with E-state index in [4.69, 9.17) is 4.74 Å². The van der Waals surface area contributed by atoms with Gasteiger partial charge in [-0.3, -0.25) is 15.1 Å². The lowest BCUT2D eigenvalue weighted by Crippen LogP contribution is -2.26. The molecule has 0 unspecified atom stereocenters. The number of amides is 1. The van der Waals surface area contributed by atoms with Crippen LogP contribution < -0.4 is 5.32 Å². The summed E-state index contributed by atoms with van der Waals surface area (Å²) in [7, 11) is 0. The average molecular weight is 346 g/mol. The highest BCUT2D eigenvalue weighted by Gasteiger charge is 2.35. The molecule has 1 amide bonds. The second-order valence-electron chi connectivity index (χ2n) is 6.12. The van der Waals surface area contributed by atoms with Crippen LogP contribution in [0, 0.1) is 5.92 Å². The number of benzene rings is 1. The monoisotopic (exact) mass is 346 g/mol. The lowest BCUT2D eigenvalue weighted by atomic mass is 9.95. The van der Waals surface area contributed by atoms with Crippen LogP contribution in [-0.4, -0.2) is 27.5 Å². The fraction of sp³-hybridized carbons (Fsp3) is 0.200. The van der Waals surface area contributed by atoms with Crippen molar-refractivity contribution in [2.45, 2.75) is 12.5 Å². The summed E-state index contributed by atoms with van der Waals surface area (Å²) in [6.07, 6.45) is 7.24. The molecular weight excluding hydrogens is 328 g/mol. The second kappa shape index (κ2) is 7.41. The van der Waals surface area contributed by atoms with Gasteiger partial charge in [0.2, 0.25) is 11.9 Å². The van der Waals surface area contributed by atoms with E-state index < -0.39 is 0 Å². The Morgan fingerprint density at radius 1 is 1.00 bits per heavy atom. The third kappa shape index (κ3) is 3.45. The van der Waals surface area contributed by atoms with Gasteiger partial charge in [-0.2, -0.15) is 0 Å². The van der Waals surface area contributed by atoms with E-state index in [2.05, 4.69) is 20.3 Å². The van der Waals surface area contributed by atoms with Crippen molar-refractivity contribution in [3.63, 3.8) is 0 Å². The Morgan fingerprint density at radius 3 is 2.54 bits per heavy atom. The van der Waals surface area contributed by atoms with E-state index in [1.807, 2.05) is 42.5 Å². The van der Waals surface area contributed by atoms with Crippen molar-refractivity contribution >= 4 is 11.9 Å². The van der Waals surface area contributed by atoms with Crippen LogP contribution in [0.3, 0.4) is 0 Å². The third-order valence-corrected chi connectivity index (χ3v) is 4.44. The summed E-state index contributed by atoms with van der Waals surface area (Å²) >= 11 is 0. The molecule has 3 aromatic rings.